The maximum absolute atomic E-state index is 5.61. The van der Waals surface area contributed by atoms with Gasteiger partial charge in [-0.2, -0.15) is 0 Å². The van der Waals surface area contributed by atoms with Crippen LogP contribution in [0.4, 0.5) is 0 Å². The largest absolute Gasteiger partial charge is 0.371 e. The summed E-state index contributed by atoms with van der Waals surface area (Å²) in [4.78, 5) is 0. The van der Waals surface area contributed by atoms with Crippen LogP contribution < -0.4 is 0 Å². The molecule has 0 unspecified atom stereocenters. The van der Waals surface area contributed by atoms with Gasteiger partial charge in [-0.3, -0.25) is 0 Å². The Morgan fingerprint density at radius 2 is 1.92 bits per heavy atom. The SMILES string of the molecule is CC1(C)C=C(C(C)(C)C)CCO1. The molecular weight excluding hydrogens is 148 g/mol. The van der Waals surface area contributed by atoms with Crippen molar-refractivity contribution in [2.75, 3.05) is 6.61 Å². The molecule has 1 aliphatic heterocycles. The maximum atomic E-state index is 5.61. The molecule has 12 heavy (non-hydrogen) atoms. The van der Waals surface area contributed by atoms with Crippen LogP contribution in [-0.2, 0) is 4.74 Å². The predicted molar refractivity (Wildman–Crippen MR) is 52.2 cm³/mol. The number of ether oxygens (including phenoxy) is 1. The first-order valence-electron chi connectivity index (χ1n) is 4.67. The average molecular weight is 168 g/mol. The standard InChI is InChI=1S/C11H20O/c1-10(2,3)9-6-7-12-11(4,5)8-9/h8H,6-7H2,1-5H3. The van der Waals surface area contributed by atoms with Crippen LogP contribution >= 0.6 is 0 Å². The number of hydrogen-bond donors (Lipinski definition) is 0. The van der Waals surface area contributed by atoms with E-state index in [9.17, 15) is 0 Å². The molecular formula is C11H20O. The zero-order valence-electron chi connectivity index (χ0n) is 8.90. The summed E-state index contributed by atoms with van der Waals surface area (Å²) in [6.45, 7) is 11.9. The zero-order valence-corrected chi connectivity index (χ0v) is 8.90. The molecule has 1 heteroatoms. The molecule has 0 atom stereocenters. The summed E-state index contributed by atoms with van der Waals surface area (Å²) in [5, 5.41) is 0. The average Bonchev–Trinajstić information content (AvgIpc) is 1.83. The van der Waals surface area contributed by atoms with Gasteiger partial charge in [0.1, 0.15) is 0 Å². The molecule has 0 saturated carbocycles. The molecule has 1 nitrogen and oxygen atoms in total. The van der Waals surface area contributed by atoms with Crippen LogP contribution in [0.1, 0.15) is 41.0 Å². The normalized spacial score (nSPS) is 23.6. The minimum Gasteiger partial charge on any atom is -0.371 e. The van der Waals surface area contributed by atoms with Gasteiger partial charge < -0.3 is 4.74 Å². The zero-order chi connectivity index (χ0) is 9.41. The quantitative estimate of drug-likeness (QED) is 0.505. The highest BCUT2D eigenvalue weighted by Crippen LogP contribution is 2.33. The van der Waals surface area contributed by atoms with Crippen LogP contribution in [0.2, 0.25) is 0 Å². The topological polar surface area (TPSA) is 9.23 Å². The van der Waals surface area contributed by atoms with Crippen molar-refractivity contribution in [3.63, 3.8) is 0 Å². The van der Waals surface area contributed by atoms with E-state index in [1.165, 1.54) is 5.57 Å². The molecule has 70 valence electrons. The Kier molecular flexibility index (Phi) is 2.35. The van der Waals surface area contributed by atoms with E-state index in [0.717, 1.165) is 13.0 Å². The van der Waals surface area contributed by atoms with Gasteiger partial charge in [0, 0.05) is 0 Å². The van der Waals surface area contributed by atoms with Crippen molar-refractivity contribution in [2.24, 2.45) is 5.41 Å². The van der Waals surface area contributed by atoms with Crippen molar-refractivity contribution >= 4 is 0 Å². The van der Waals surface area contributed by atoms with E-state index >= 15 is 0 Å². The molecule has 1 aliphatic rings. The van der Waals surface area contributed by atoms with Crippen LogP contribution in [0.25, 0.3) is 0 Å². The lowest BCUT2D eigenvalue weighted by molar-refractivity contribution is 0.00749. The lowest BCUT2D eigenvalue weighted by atomic mass is 9.81. The van der Waals surface area contributed by atoms with Gasteiger partial charge >= 0.3 is 0 Å². The molecule has 0 aromatic rings. The minimum atomic E-state index is -0.0547. The molecule has 0 aliphatic carbocycles. The van der Waals surface area contributed by atoms with E-state index in [4.69, 9.17) is 4.74 Å². The highest BCUT2D eigenvalue weighted by atomic mass is 16.5. The first-order valence-corrected chi connectivity index (χ1v) is 4.67. The first kappa shape index (κ1) is 9.79. The molecule has 1 rings (SSSR count). The molecule has 0 saturated heterocycles. The fourth-order valence-electron chi connectivity index (χ4n) is 1.55. The Morgan fingerprint density at radius 3 is 2.25 bits per heavy atom. The smallest absolute Gasteiger partial charge is 0.0809 e. The summed E-state index contributed by atoms with van der Waals surface area (Å²) in [6, 6.07) is 0. The van der Waals surface area contributed by atoms with E-state index in [0.29, 0.717) is 5.41 Å². The lowest BCUT2D eigenvalue weighted by Gasteiger charge is -2.34. The minimum absolute atomic E-state index is 0.0547. The van der Waals surface area contributed by atoms with Crippen molar-refractivity contribution < 1.29 is 4.74 Å². The molecule has 0 aromatic heterocycles. The van der Waals surface area contributed by atoms with Crippen LogP contribution in [0.3, 0.4) is 0 Å². The third-order valence-corrected chi connectivity index (χ3v) is 2.33. The van der Waals surface area contributed by atoms with Crippen molar-refractivity contribution in [3.8, 4) is 0 Å². The second kappa shape index (κ2) is 2.88. The number of hydrogen-bond acceptors (Lipinski definition) is 1. The van der Waals surface area contributed by atoms with Gasteiger partial charge in [0.05, 0.1) is 12.2 Å². The van der Waals surface area contributed by atoms with Crippen LogP contribution in [0.5, 0.6) is 0 Å². The molecule has 0 fully saturated rings. The van der Waals surface area contributed by atoms with Crippen LogP contribution in [0.15, 0.2) is 11.6 Å². The van der Waals surface area contributed by atoms with Gasteiger partial charge in [0.2, 0.25) is 0 Å². The van der Waals surface area contributed by atoms with Crippen molar-refractivity contribution in [2.45, 2.75) is 46.6 Å². The van der Waals surface area contributed by atoms with E-state index in [1.54, 1.807) is 0 Å². The fourth-order valence-corrected chi connectivity index (χ4v) is 1.55. The Bertz CT molecular complexity index is 194. The van der Waals surface area contributed by atoms with E-state index in [-0.39, 0.29) is 5.60 Å². The first-order chi connectivity index (χ1) is 5.31. The molecule has 1 heterocycles. The van der Waals surface area contributed by atoms with Crippen LogP contribution in [0, 0.1) is 5.41 Å². The van der Waals surface area contributed by atoms with Crippen molar-refractivity contribution in [1.82, 2.24) is 0 Å². The van der Waals surface area contributed by atoms with Crippen molar-refractivity contribution in [3.05, 3.63) is 11.6 Å². The van der Waals surface area contributed by atoms with Gasteiger partial charge in [0.15, 0.2) is 0 Å². The van der Waals surface area contributed by atoms with Gasteiger partial charge in [-0.25, -0.2) is 0 Å². The van der Waals surface area contributed by atoms with Gasteiger partial charge in [-0.1, -0.05) is 32.4 Å². The highest BCUT2D eigenvalue weighted by Gasteiger charge is 2.26. The maximum Gasteiger partial charge on any atom is 0.0809 e. The lowest BCUT2D eigenvalue weighted by Crippen LogP contribution is -2.29. The summed E-state index contributed by atoms with van der Waals surface area (Å²) in [6.07, 6.45) is 3.36. The second-order valence-corrected chi connectivity index (χ2v) is 5.12. The summed E-state index contributed by atoms with van der Waals surface area (Å²) < 4.78 is 5.61. The summed E-state index contributed by atoms with van der Waals surface area (Å²) in [5.74, 6) is 0. The van der Waals surface area contributed by atoms with E-state index in [1.807, 2.05) is 0 Å². The van der Waals surface area contributed by atoms with Crippen molar-refractivity contribution in [1.29, 1.82) is 0 Å². The summed E-state index contributed by atoms with van der Waals surface area (Å²) in [7, 11) is 0. The Morgan fingerprint density at radius 1 is 1.33 bits per heavy atom. The monoisotopic (exact) mass is 168 g/mol. The Labute approximate surface area is 75.8 Å². The van der Waals surface area contributed by atoms with Gasteiger partial charge in [0.25, 0.3) is 0 Å². The van der Waals surface area contributed by atoms with Crippen LogP contribution in [-0.4, -0.2) is 12.2 Å². The molecule has 0 spiro atoms. The fraction of sp³-hybridized carbons (Fsp3) is 0.818. The molecule has 0 bridgehead atoms. The third-order valence-electron chi connectivity index (χ3n) is 2.33. The molecule has 0 amide bonds. The second-order valence-electron chi connectivity index (χ2n) is 5.12. The van der Waals surface area contributed by atoms with Gasteiger partial charge in [-0.15, -0.1) is 0 Å². The van der Waals surface area contributed by atoms with E-state index < -0.39 is 0 Å². The summed E-state index contributed by atoms with van der Waals surface area (Å²) >= 11 is 0. The highest BCUT2D eigenvalue weighted by molar-refractivity contribution is 5.18. The third kappa shape index (κ3) is 2.34. The Hall–Kier alpha value is -0.300. The number of rotatable bonds is 0. The van der Waals surface area contributed by atoms with Gasteiger partial charge in [-0.05, 0) is 25.7 Å². The predicted octanol–water partition coefficient (Wildman–Crippen LogP) is 3.16. The Balaban J connectivity index is 2.85. The molecule has 0 radical (unpaired) electrons. The van der Waals surface area contributed by atoms with E-state index in [2.05, 4.69) is 40.7 Å². The molecule has 0 N–H and O–H groups in total. The molecule has 0 aromatic carbocycles. The summed E-state index contributed by atoms with van der Waals surface area (Å²) in [5.41, 5.74) is 1.78.